The molecule has 5 heterocycles. The van der Waals surface area contributed by atoms with Gasteiger partial charge in [-0.05, 0) is 29.5 Å². The highest BCUT2D eigenvalue weighted by Gasteiger charge is 2.07. The average molecular weight is 536 g/mol. The Hall–Kier alpha value is -4.25. The van der Waals surface area contributed by atoms with Gasteiger partial charge in [-0.3, -0.25) is 0 Å². The minimum Gasteiger partial charge on any atom is -0.468 e. The normalized spacial score (nSPS) is 9.44. The molecule has 0 saturated carbocycles. The summed E-state index contributed by atoms with van der Waals surface area (Å²) < 4.78 is 10.1. The quantitative estimate of drug-likeness (QED) is 0.199. The third-order valence-corrected chi connectivity index (χ3v) is 4.09. The Balaban J connectivity index is 0.000000303. The lowest BCUT2D eigenvalue weighted by Crippen LogP contribution is -2.03. The van der Waals surface area contributed by atoms with Crippen LogP contribution in [-0.4, -0.2) is 40.1 Å². The van der Waals surface area contributed by atoms with Crippen LogP contribution in [0.5, 0.6) is 0 Å². The highest BCUT2D eigenvalue weighted by molar-refractivity contribution is 5.85. The highest BCUT2D eigenvalue weighted by Crippen LogP contribution is 2.05. The van der Waals surface area contributed by atoms with E-state index in [9.17, 15) is 0 Å². The van der Waals surface area contributed by atoms with Crippen molar-refractivity contribution in [3.63, 3.8) is 0 Å². The maximum Gasteiger partial charge on any atom is 0.197 e. The number of aromatic amines is 2. The van der Waals surface area contributed by atoms with Gasteiger partial charge in [-0.25, -0.2) is 9.97 Å². The summed E-state index contributed by atoms with van der Waals surface area (Å²) in [6.07, 6.45) is 12.6. The molecule has 0 saturated heterocycles. The van der Waals surface area contributed by atoms with Crippen molar-refractivity contribution < 1.29 is 8.83 Å². The molecule has 5 aromatic heterocycles. The van der Waals surface area contributed by atoms with Gasteiger partial charge >= 0.3 is 0 Å². The molecule has 0 spiro atoms. The first-order valence-corrected chi connectivity index (χ1v) is 10.1. The van der Waals surface area contributed by atoms with E-state index in [-0.39, 0.29) is 24.8 Å². The molecule has 0 aliphatic carbocycles. The van der Waals surface area contributed by atoms with Crippen molar-refractivity contribution in [2.24, 2.45) is 5.73 Å². The first-order chi connectivity index (χ1) is 16.6. The summed E-state index contributed by atoms with van der Waals surface area (Å²) in [5, 5.41) is 12.1. The molecular formula is C21H27Cl2N11O2. The molecule has 0 fully saturated rings. The minimum absolute atomic E-state index is 0. The number of nitrogens with two attached hydrogens (primary N) is 3. The minimum atomic E-state index is 0. The van der Waals surface area contributed by atoms with Gasteiger partial charge < -0.3 is 36.0 Å². The Morgan fingerprint density at radius 3 is 2.03 bits per heavy atom. The molecule has 0 amide bonds. The number of anilines is 2. The Morgan fingerprint density at radius 1 is 0.944 bits per heavy atom. The lowest BCUT2D eigenvalue weighted by Gasteiger charge is -1.93. The lowest BCUT2D eigenvalue weighted by atomic mass is 10.3. The summed E-state index contributed by atoms with van der Waals surface area (Å²) in [5.74, 6) is 5.49. The van der Waals surface area contributed by atoms with Crippen LogP contribution in [0, 0.1) is 12.3 Å². The van der Waals surface area contributed by atoms with E-state index in [2.05, 4.69) is 41.3 Å². The van der Waals surface area contributed by atoms with Gasteiger partial charge in [0, 0.05) is 11.4 Å². The van der Waals surface area contributed by atoms with Crippen molar-refractivity contribution in [1.29, 1.82) is 0 Å². The number of nitrogens with zero attached hydrogens (tertiary/aromatic N) is 6. The number of imidazole rings is 2. The number of nitrogen functional groups attached to an aromatic ring is 2. The number of furan rings is 2. The summed E-state index contributed by atoms with van der Waals surface area (Å²) in [7, 11) is 0. The van der Waals surface area contributed by atoms with Crippen molar-refractivity contribution in [3.05, 3.63) is 77.9 Å². The fraction of sp³-hybridized carbons (Fsp3) is 0.190. The third kappa shape index (κ3) is 9.94. The van der Waals surface area contributed by atoms with Gasteiger partial charge in [0.2, 0.25) is 0 Å². The fourth-order valence-corrected chi connectivity index (χ4v) is 2.60. The zero-order chi connectivity index (χ0) is 24.2. The van der Waals surface area contributed by atoms with Gasteiger partial charge in [-0.15, -0.1) is 47.4 Å². The van der Waals surface area contributed by atoms with Crippen molar-refractivity contribution in [2.45, 2.75) is 25.9 Å². The first-order valence-electron chi connectivity index (χ1n) is 10.1. The molecule has 0 aliphatic rings. The predicted octanol–water partition coefficient (Wildman–Crippen LogP) is 1.96. The van der Waals surface area contributed by atoms with E-state index >= 15 is 0 Å². The third-order valence-electron chi connectivity index (χ3n) is 4.09. The van der Waals surface area contributed by atoms with Crippen molar-refractivity contribution >= 4 is 36.7 Å². The number of aromatic nitrogens is 8. The van der Waals surface area contributed by atoms with Gasteiger partial charge in [-0.2, -0.15) is 4.80 Å². The molecular weight excluding hydrogens is 509 g/mol. The topological polar surface area (TPSA) is 205 Å². The van der Waals surface area contributed by atoms with E-state index < -0.39 is 0 Å². The van der Waals surface area contributed by atoms with Gasteiger partial charge in [-0.1, -0.05) is 0 Å². The molecule has 5 aromatic rings. The largest absolute Gasteiger partial charge is 0.468 e. The predicted molar refractivity (Wildman–Crippen MR) is 138 cm³/mol. The van der Waals surface area contributed by atoms with Crippen LogP contribution < -0.4 is 17.2 Å². The zero-order valence-electron chi connectivity index (χ0n) is 19.1. The van der Waals surface area contributed by atoms with Gasteiger partial charge in [0.05, 0.1) is 44.3 Å². The van der Waals surface area contributed by atoms with Crippen molar-refractivity contribution in [3.8, 4) is 12.3 Å². The van der Waals surface area contributed by atoms with Crippen molar-refractivity contribution in [2.75, 3.05) is 11.5 Å². The number of nitrogens with one attached hydrogen (secondary N) is 2. The smallest absolute Gasteiger partial charge is 0.197 e. The number of rotatable bonds is 6. The molecule has 0 radical (unpaired) electrons. The molecule has 0 unspecified atom stereocenters. The fourth-order valence-electron chi connectivity index (χ4n) is 2.60. The van der Waals surface area contributed by atoms with E-state index in [1.807, 2.05) is 24.3 Å². The van der Waals surface area contributed by atoms with E-state index in [0.717, 1.165) is 22.9 Å². The summed E-state index contributed by atoms with van der Waals surface area (Å²) >= 11 is 0. The second-order valence-corrected chi connectivity index (χ2v) is 6.74. The number of tetrazole rings is 1. The van der Waals surface area contributed by atoms with Gasteiger partial charge in [0.1, 0.15) is 18.1 Å². The Morgan fingerprint density at radius 2 is 1.56 bits per heavy atom. The molecule has 15 heteroatoms. The van der Waals surface area contributed by atoms with E-state index in [1.165, 1.54) is 4.80 Å². The Kier molecular flexibility index (Phi) is 12.9. The second-order valence-electron chi connectivity index (χ2n) is 6.74. The van der Waals surface area contributed by atoms with E-state index in [1.54, 1.807) is 24.9 Å². The number of hydrogen-bond acceptors (Lipinski definition) is 10. The maximum atomic E-state index is 5.49. The van der Waals surface area contributed by atoms with Crippen LogP contribution in [0.3, 0.4) is 0 Å². The summed E-state index contributed by atoms with van der Waals surface area (Å²) in [4.78, 5) is 14.9. The first kappa shape index (κ1) is 29.8. The van der Waals surface area contributed by atoms with E-state index in [0.29, 0.717) is 43.7 Å². The Labute approximate surface area is 219 Å². The Bertz CT molecular complexity index is 1270. The van der Waals surface area contributed by atoms with Crippen LogP contribution >= 0.6 is 24.8 Å². The lowest BCUT2D eigenvalue weighted by molar-refractivity contribution is 0.452. The number of hydrogen-bond donors (Lipinski definition) is 5. The van der Waals surface area contributed by atoms with Crippen LogP contribution in [0.15, 0.2) is 58.0 Å². The number of H-pyrrole nitrogens is 2. The molecule has 36 heavy (non-hydrogen) atoms. The molecule has 13 nitrogen and oxygen atoms in total. The molecule has 0 atom stereocenters. The molecule has 0 aromatic carbocycles. The van der Waals surface area contributed by atoms with E-state index in [4.69, 9.17) is 32.5 Å². The van der Waals surface area contributed by atoms with Gasteiger partial charge in [0.15, 0.2) is 17.7 Å². The van der Waals surface area contributed by atoms with Crippen LogP contribution in [0.25, 0.3) is 0 Å². The zero-order valence-corrected chi connectivity index (χ0v) is 20.7. The van der Waals surface area contributed by atoms with Crippen LogP contribution in [0.1, 0.15) is 28.7 Å². The van der Waals surface area contributed by atoms with Crippen LogP contribution in [0.2, 0.25) is 0 Å². The molecule has 0 aliphatic heterocycles. The second kappa shape index (κ2) is 15.6. The summed E-state index contributed by atoms with van der Waals surface area (Å²) in [6.45, 7) is 0.956. The standard InChI is InChI=1S/C10H11N7O.C6H7N3.C5H7NO.2ClH/c11-10-12-5-7(13-10)4-9-14-16-17(15-9)6-8-2-1-3-18-8;1-2-3-5-4-8-6(7)9-5;6-4-5-2-1-3-7-5;;/h1-3,5H,4,6H2,(H3,11,12,13);1,4H,3H2,(H3,7,8,9);1-3H,4,6H2;2*1H. The average Bonchev–Trinajstić information content (AvgIpc) is 3.63. The van der Waals surface area contributed by atoms with Crippen LogP contribution in [0.4, 0.5) is 11.9 Å². The van der Waals surface area contributed by atoms with Gasteiger partial charge in [0.25, 0.3) is 0 Å². The molecule has 5 rings (SSSR count). The maximum absolute atomic E-state index is 5.49. The summed E-state index contributed by atoms with van der Waals surface area (Å²) in [5.41, 5.74) is 17.7. The van der Waals surface area contributed by atoms with Crippen molar-refractivity contribution in [1.82, 2.24) is 40.1 Å². The molecule has 8 N–H and O–H groups in total. The SMILES string of the molecule is C#CCc1cnc(N)[nH]1.Cl.Cl.NCc1ccco1.Nc1ncc(Cc2nnn(Cc3ccco3)n2)[nH]1. The molecule has 192 valence electrons. The monoisotopic (exact) mass is 535 g/mol. The highest BCUT2D eigenvalue weighted by atomic mass is 35.5. The molecule has 0 bridgehead atoms. The number of halogens is 2. The number of terminal acetylenes is 1. The van der Waals surface area contributed by atoms with Crippen LogP contribution in [-0.2, 0) is 25.9 Å². The summed E-state index contributed by atoms with van der Waals surface area (Å²) in [6, 6.07) is 7.35.